The van der Waals surface area contributed by atoms with Crippen LogP contribution in [0.2, 0.25) is 5.02 Å². The van der Waals surface area contributed by atoms with Crippen molar-refractivity contribution in [1.29, 1.82) is 0 Å². The van der Waals surface area contributed by atoms with E-state index in [4.69, 9.17) is 16.3 Å². The van der Waals surface area contributed by atoms with Crippen molar-refractivity contribution >= 4 is 50.7 Å². The van der Waals surface area contributed by atoms with Crippen molar-refractivity contribution in [1.82, 2.24) is 26.0 Å². The van der Waals surface area contributed by atoms with E-state index in [0.29, 0.717) is 28.4 Å². The van der Waals surface area contributed by atoms with Gasteiger partial charge in [-0.05, 0) is 49.5 Å². The van der Waals surface area contributed by atoms with E-state index in [9.17, 15) is 14.4 Å². The highest BCUT2D eigenvalue weighted by Gasteiger charge is 2.19. The average molecular weight is 530 g/mol. The molecule has 0 aliphatic carbocycles. The lowest BCUT2D eigenvalue weighted by Crippen LogP contribution is -2.46. The number of piperazine rings is 1. The van der Waals surface area contributed by atoms with Crippen molar-refractivity contribution in [2.75, 3.05) is 53.4 Å². The third-order valence-electron chi connectivity index (χ3n) is 6.05. The molecule has 0 atom stereocenters. The summed E-state index contributed by atoms with van der Waals surface area (Å²) in [5.41, 5.74) is 5.55. The fraction of sp³-hybridized carbons (Fsp3) is 0.320. The number of ether oxygens (including phenoxy) is 1. The maximum Gasteiger partial charge on any atom is 0.281 e. The van der Waals surface area contributed by atoms with Gasteiger partial charge in [-0.25, -0.2) is 0 Å². The number of methoxy groups -OCH3 is 1. The Bertz CT molecular complexity index is 1260. The third kappa shape index (κ3) is 6.14. The van der Waals surface area contributed by atoms with E-state index in [1.807, 2.05) is 0 Å². The molecule has 0 spiro atoms. The molecule has 1 saturated heterocycles. The molecule has 4 rings (SSSR count). The van der Waals surface area contributed by atoms with Crippen LogP contribution in [0.25, 0.3) is 10.1 Å². The van der Waals surface area contributed by atoms with Crippen LogP contribution in [-0.2, 0) is 0 Å². The number of carbonyl (C=O) groups excluding carboxylic acids is 3. The molecule has 1 aliphatic rings. The maximum absolute atomic E-state index is 12.6. The highest BCUT2D eigenvalue weighted by atomic mass is 35.5. The largest absolute Gasteiger partial charge is 0.497 e. The van der Waals surface area contributed by atoms with Crippen LogP contribution in [0.5, 0.6) is 5.75 Å². The number of hydrazine groups is 1. The van der Waals surface area contributed by atoms with E-state index in [0.717, 1.165) is 42.8 Å². The minimum atomic E-state index is -0.523. The second-order valence-electron chi connectivity index (χ2n) is 8.49. The molecule has 1 aliphatic heterocycles. The van der Waals surface area contributed by atoms with Crippen molar-refractivity contribution < 1.29 is 19.1 Å². The zero-order valence-corrected chi connectivity index (χ0v) is 21.7. The van der Waals surface area contributed by atoms with Gasteiger partial charge in [0.15, 0.2) is 0 Å². The minimum Gasteiger partial charge on any atom is -0.497 e. The lowest BCUT2D eigenvalue weighted by atomic mass is 10.1. The summed E-state index contributed by atoms with van der Waals surface area (Å²) >= 11 is 7.57. The molecular formula is C25H28ClN5O4S. The van der Waals surface area contributed by atoms with Gasteiger partial charge in [0, 0.05) is 60.5 Å². The number of hydrogen-bond acceptors (Lipinski definition) is 7. The van der Waals surface area contributed by atoms with Gasteiger partial charge in [-0.2, -0.15) is 0 Å². The van der Waals surface area contributed by atoms with Gasteiger partial charge in [0.25, 0.3) is 17.7 Å². The number of benzene rings is 2. The molecule has 2 aromatic carbocycles. The first-order valence-electron chi connectivity index (χ1n) is 11.5. The Hall–Kier alpha value is -3.18. The smallest absolute Gasteiger partial charge is 0.281 e. The first kappa shape index (κ1) is 25.9. The van der Waals surface area contributed by atoms with Crippen LogP contribution in [0.3, 0.4) is 0 Å². The molecule has 3 aromatic rings. The van der Waals surface area contributed by atoms with Crippen LogP contribution >= 0.6 is 22.9 Å². The Kier molecular flexibility index (Phi) is 8.42. The van der Waals surface area contributed by atoms with Crippen LogP contribution in [-0.4, -0.2) is 80.9 Å². The molecular weight excluding hydrogens is 502 g/mol. The van der Waals surface area contributed by atoms with E-state index < -0.39 is 11.8 Å². The quantitative estimate of drug-likeness (QED) is 0.407. The highest BCUT2D eigenvalue weighted by molar-refractivity contribution is 7.21. The van der Waals surface area contributed by atoms with Gasteiger partial charge < -0.3 is 15.0 Å². The van der Waals surface area contributed by atoms with Crippen LogP contribution in [0.1, 0.15) is 30.4 Å². The van der Waals surface area contributed by atoms with E-state index in [-0.39, 0.29) is 10.8 Å². The monoisotopic (exact) mass is 529 g/mol. The van der Waals surface area contributed by atoms with Crippen molar-refractivity contribution in [2.24, 2.45) is 0 Å². The summed E-state index contributed by atoms with van der Waals surface area (Å²) in [6.07, 6.45) is 0. The number of nitrogens with one attached hydrogen (secondary N) is 3. The topological polar surface area (TPSA) is 103 Å². The molecule has 1 aromatic heterocycles. The van der Waals surface area contributed by atoms with Crippen molar-refractivity contribution in [3.63, 3.8) is 0 Å². The molecule has 3 N–H and O–H groups in total. The Morgan fingerprint density at radius 2 is 1.58 bits per heavy atom. The summed E-state index contributed by atoms with van der Waals surface area (Å²) in [6.45, 7) is 5.42. The van der Waals surface area contributed by atoms with Crippen molar-refractivity contribution in [2.45, 2.75) is 0 Å². The lowest BCUT2D eigenvalue weighted by molar-refractivity contribution is 0.0849. The average Bonchev–Trinajstić information content (AvgIpc) is 3.23. The Morgan fingerprint density at radius 1 is 0.944 bits per heavy atom. The van der Waals surface area contributed by atoms with Crippen molar-refractivity contribution in [3.05, 3.63) is 63.5 Å². The second kappa shape index (κ2) is 11.7. The molecule has 0 bridgehead atoms. The number of rotatable bonds is 7. The van der Waals surface area contributed by atoms with E-state index >= 15 is 0 Å². The molecule has 0 unspecified atom stereocenters. The Balaban J connectivity index is 1.27. The summed E-state index contributed by atoms with van der Waals surface area (Å²) < 4.78 is 6.01. The number of carbonyl (C=O) groups is 3. The van der Waals surface area contributed by atoms with Gasteiger partial charge in [0.1, 0.15) is 10.6 Å². The molecule has 0 radical (unpaired) electrons. The second-order valence-corrected chi connectivity index (χ2v) is 9.92. The fourth-order valence-corrected chi connectivity index (χ4v) is 5.28. The summed E-state index contributed by atoms with van der Waals surface area (Å²) in [7, 11) is 3.67. The molecule has 9 nitrogen and oxygen atoms in total. The summed E-state index contributed by atoms with van der Waals surface area (Å²) in [5, 5.41) is 3.96. The minimum absolute atomic E-state index is 0.194. The highest BCUT2D eigenvalue weighted by Crippen LogP contribution is 2.37. The third-order valence-corrected chi connectivity index (χ3v) is 7.71. The van der Waals surface area contributed by atoms with Gasteiger partial charge in [0.05, 0.1) is 12.1 Å². The summed E-state index contributed by atoms with van der Waals surface area (Å²) in [5.74, 6) is -0.567. The van der Waals surface area contributed by atoms with E-state index in [1.165, 1.54) is 23.5 Å². The number of halogens is 1. The van der Waals surface area contributed by atoms with Crippen LogP contribution in [0.15, 0.2) is 42.5 Å². The molecule has 36 heavy (non-hydrogen) atoms. The summed E-state index contributed by atoms with van der Waals surface area (Å²) in [6, 6.07) is 11.6. The predicted octanol–water partition coefficient (Wildman–Crippen LogP) is 2.62. The van der Waals surface area contributed by atoms with Gasteiger partial charge in [-0.1, -0.05) is 11.6 Å². The molecule has 11 heteroatoms. The van der Waals surface area contributed by atoms with Crippen LogP contribution in [0, 0.1) is 0 Å². The number of amides is 3. The van der Waals surface area contributed by atoms with E-state index in [2.05, 4.69) is 33.0 Å². The normalized spacial score (nSPS) is 14.4. The number of thiophene rings is 1. The van der Waals surface area contributed by atoms with Gasteiger partial charge in [0.2, 0.25) is 0 Å². The molecule has 1 fully saturated rings. The van der Waals surface area contributed by atoms with E-state index in [1.54, 1.807) is 37.4 Å². The zero-order chi connectivity index (χ0) is 25.7. The predicted molar refractivity (Wildman–Crippen MR) is 141 cm³/mol. The van der Waals surface area contributed by atoms with Crippen LogP contribution in [0.4, 0.5) is 0 Å². The molecule has 3 amide bonds. The Labute approximate surface area is 218 Å². The first-order valence-corrected chi connectivity index (χ1v) is 12.7. The van der Waals surface area contributed by atoms with Crippen LogP contribution < -0.4 is 20.9 Å². The zero-order valence-electron chi connectivity index (χ0n) is 20.1. The number of fused-ring (bicyclic) bond motifs is 1. The SMILES string of the molecule is COc1ccc2c(Cl)c(C(=O)NNC(=O)c3ccc(C(=O)NCCN4CCN(C)CC4)cc3)sc2c1. The van der Waals surface area contributed by atoms with Crippen molar-refractivity contribution in [3.8, 4) is 5.75 Å². The lowest BCUT2D eigenvalue weighted by Gasteiger charge is -2.32. The number of nitrogens with zero attached hydrogens (tertiary/aromatic N) is 2. The number of hydrogen-bond donors (Lipinski definition) is 3. The summed E-state index contributed by atoms with van der Waals surface area (Å²) in [4.78, 5) is 42.4. The Morgan fingerprint density at radius 3 is 2.25 bits per heavy atom. The molecule has 2 heterocycles. The van der Waals surface area contributed by atoms with Gasteiger partial charge >= 0.3 is 0 Å². The maximum atomic E-state index is 12.6. The van der Waals surface area contributed by atoms with Gasteiger partial charge in [-0.3, -0.25) is 30.1 Å². The van der Waals surface area contributed by atoms with Gasteiger partial charge in [-0.15, -0.1) is 11.3 Å². The first-order chi connectivity index (χ1) is 17.4. The molecule has 0 saturated carbocycles. The fourth-order valence-electron chi connectivity index (χ4n) is 3.84. The molecule has 190 valence electrons. The standard InChI is InChI=1S/C25H28ClN5O4S/c1-30-11-13-31(14-12-30)10-9-27-23(32)16-3-5-17(6-4-16)24(33)28-29-25(34)22-21(26)19-8-7-18(35-2)15-20(19)36-22/h3-8,15H,9-14H2,1-2H3,(H,27,32)(H,28,33)(H,29,34). The number of likely N-dealkylation sites (N-methyl/N-ethyl adjacent to an activating group) is 1.